The molecule has 2 aromatic heterocycles. The third-order valence-corrected chi connectivity index (χ3v) is 4.13. The van der Waals surface area contributed by atoms with Gasteiger partial charge in [-0.15, -0.1) is 0 Å². The Morgan fingerprint density at radius 2 is 2.00 bits per heavy atom. The Morgan fingerprint density at radius 3 is 2.57 bits per heavy atom. The van der Waals surface area contributed by atoms with Crippen LogP contribution in [0.5, 0.6) is 0 Å². The molecule has 0 saturated carbocycles. The molecular formula is C13H17N5O2S. The van der Waals surface area contributed by atoms with Crippen LogP contribution in [0.25, 0.3) is 0 Å². The molecule has 2 rings (SSSR count). The number of hydrogen-bond acceptors (Lipinski definition) is 5. The molecule has 0 saturated heterocycles. The van der Waals surface area contributed by atoms with Gasteiger partial charge >= 0.3 is 10.2 Å². The number of nitrogens with one attached hydrogen (secondary N) is 2. The summed E-state index contributed by atoms with van der Waals surface area (Å²) in [5, 5.41) is 3.18. The zero-order valence-electron chi connectivity index (χ0n) is 11.8. The predicted molar refractivity (Wildman–Crippen MR) is 82.0 cm³/mol. The van der Waals surface area contributed by atoms with Gasteiger partial charge in [-0.25, -0.2) is 4.98 Å². The highest BCUT2D eigenvalue weighted by Gasteiger charge is 2.13. The molecule has 7 nitrogen and oxygen atoms in total. The third-order valence-electron chi connectivity index (χ3n) is 2.70. The number of hydrogen-bond donors (Lipinski definition) is 2. The lowest BCUT2D eigenvalue weighted by molar-refractivity contribution is 0.526. The molecule has 21 heavy (non-hydrogen) atoms. The van der Waals surface area contributed by atoms with Gasteiger partial charge in [-0.2, -0.15) is 12.7 Å². The molecule has 0 amide bonds. The smallest absolute Gasteiger partial charge is 0.302 e. The van der Waals surface area contributed by atoms with Crippen LogP contribution in [-0.4, -0.2) is 36.8 Å². The van der Waals surface area contributed by atoms with Crippen molar-refractivity contribution in [1.82, 2.24) is 14.3 Å². The SMILES string of the molecule is CN(C)S(=O)(=O)Nc1ccc(NCc2cccnc2)cn1. The molecular weight excluding hydrogens is 290 g/mol. The molecule has 8 heteroatoms. The van der Waals surface area contributed by atoms with Crippen molar-refractivity contribution < 1.29 is 8.42 Å². The highest BCUT2D eigenvalue weighted by Crippen LogP contribution is 2.12. The fraction of sp³-hybridized carbons (Fsp3) is 0.231. The molecule has 0 aliphatic rings. The molecule has 2 aromatic rings. The highest BCUT2D eigenvalue weighted by molar-refractivity contribution is 7.90. The first kappa shape index (κ1) is 15.2. The summed E-state index contributed by atoms with van der Waals surface area (Å²) in [6, 6.07) is 7.20. The van der Waals surface area contributed by atoms with E-state index in [1.54, 1.807) is 30.7 Å². The van der Waals surface area contributed by atoms with Crippen LogP contribution in [0.2, 0.25) is 0 Å². The van der Waals surface area contributed by atoms with Crippen LogP contribution >= 0.6 is 0 Å². The summed E-state index contributed by atoms with van der Waals surface area (Å²) in [5.41, 5.74) is 1.85. The Balaban J connectivity index is 1.96. The molecule has 0 fully saturated rings. The Bertz CT molecular complexity index is 671. The minimum atomic E-state index is -3.53. The van der Waals surface area contributed by atoms with Gasteiger partial charge in [0.25, 0.3) is 0 Å². The van der Waals surface area contributed by atoms with E-state index in [1.807, 2.05) is 12.1 Å². The van der Waals surface area contributed by atoms with Gasteiger partial charge in [-0.3, -0.25) is 9.71 Å². The summed E-state index contributed by atoms with van der Waals surface area (Å²) >= 11 is 0. The Kier molecular flexibility index (Phi) is 4.71. The molecule has 0 bridgehead atoms. The van der Waals surface area contributed by atoms with E-state index in [9.17, 15) is 8.42 Å². The van der Waals surface area contributed by atoms with E-state index in [0.29, 0.717) is 6.54 Å². The quantitative estimate of drug-likeness (QED) is 0.840. The van der Waals surface area contributed by atoms with Crippen molar-refractivity contribution in [2.45, 2.75) is 6.54 Å². The van der Waals surface area contributed by atoms with Crippen LogP contribution in [0.4, 0.5) is 11.5 Å². The lowest BCUT2D eigenvalue weighted by Gasteiger charge is -2.13. The van der Waals surface area contributed by atoms with E-state index in [2.05, 4.69) is 20.0 Å². The second-order valence-corrected chi connectivity index (χ2v) is 6.42. The van der Waals surface area contributed by atoms with Crippen molar-refractivity contribution in [1.29, 1.82) is 0 Å². The van der Waals surface area contributed by atoms with Crippen LogP contribution in [0.3, 0.4) is 0 Å². The summed E-state index contributed by atoms with van der Waals surface area (Å²) in [6.07, 6.45) is 5.07. The van der Waals surface area contributed by atoms with Gasteiger partial charge in [0.2, 0.25) is 0 Å². The van der Waals surface area contributed by atoms with E-state index in [1.165, 1.54) is 14.1 Å². The maximum atomic E-state index is 11.6. The van der Waals surface area contributed by atoms with Gasteiger partial charge in [-0.1, -0.05) is 6.07 Å². The van der Waals surface area contributed by atoms with Crippen molar-refractivity contribution in [3.8, 4) is 0 Å². The van der Waals surface area contributed by atoms with Gasteiger partial charge in [0.15, 0.2) is 0 Å². The normalized spacial score (nSPS) is 11.4. The molecule has 0 aromatic carbocycles. The fourth-order valence-corrected chi connectivity index (χ4v) is 2.06. The number of pyridine rings is 2. The van der Waals surface area contributed by atoms with Crippen molar-refractivity contribution in [3.05, 3.63) is 48.4 Å². The first-order valence-corrected chi connectivity index (χ1v) is 7.70. The zero-order valence-corrected chi connectivity index (χ0v) is 12.6. The predicted octanol–water partition coefficient (Wildman–Crippen LogP) is 1.31. The summed E-state index contributed by atoms with van der Waals surface area (Å²) in [7, 11) is -0.626. The monoisotopic (exact) mass is 307 g/mol. The van der Waals surface area contributed by atoms with Gasteiger partial charge in [0, 0.05) is 33.0 Å². The van der Waals surface area contributed by atoms with Crippen molar-refractivity contribution in [2.75, 3.05) is 24.1 Å². The number of nitrogens with zero attached hydrogens (tertiary/aromatic N) is 3. The maximum absolute atomic E-state index is 11.6. The first-order chi connectivity index (χ1) is 9.97. The highest BCUT2D eigenvalue weighted by atomic mass is 32.2. The molecule has 0 unspecified atom stereocenters. The summed E-state index contributed by atoms with van der Waals surface area (Å²) in [5.74, 6) is 0.274. The maximum Gasteiger partial charge on any atom is 0.302 e. The van der Waals surface area contributed by atoms with Crippen LogP contribution < -0.4 is 10.0 Å². The second-order valence-electron chi connectivity index (χ2n) is 4.54. The van der Waals surface area contributed by atoms with Crippen LogP contribution in [0.15, 0.2) is 42.9 Å². The zero-order chi connectivity index (χ0) is 15.3. The molecule has 0 spiro atoms. The summed E-state index contributed by atoms with van der Waals surface area (Å²) in [4.78, 5) is 8.09. The number of rotatable bonds is 6. The lowest BCUT2D eigenvalue weighted by atomic mass is 10.3. The van der Waals surface area contributed by atoms with Crippen molar-refractivity contribution in [2.24, 2.45) is 0 Å². The van der Waals surface area contributed by atoms with Gasteiger partial charge < -0.3 is 5.32 Å². The lowest BCUT2D eigenvalue weighted by Crippen LogP contribution is -2.29. The fourth-order valence-electron chi connectivity index (χ4n) is 1.49. The number of anilines is 2. The Hall–Kier alpha value is -2.19. The molecule has 0 aliphatic heterocycles. The third kappa shape index (κ3) is 4.40. The number of aromatic nitrogens is 2. The molecule has 2 heterocycles. The first-order valence-electron chi connectivity index (χ1n) is 6.26. The average molecular weight is 307 g/mol. The minimum absolute atomic E-state index is 0.274. The Labute approximate surface area is 124 Å². The molecule has 0 atom stereocenters. The summed E-state index contributed by atoms with van der Waals surface area (Å²) in [6.45, 7) is 0.623. The van der Waals surface area contributed by atoms with E-state index < -0.39 is 10.2 Å². The van der Waals surface area contributed by atoms with Crippen LogP contribution in [0.1, 0.15) is 5.56 Å². The van der Waals surface area contributed by atoms with Crippen molar-refractivity contribution >= 4 is 21.7 Å². The van der Waals surface area contributed by atoms with E-state index in [4.69, 9.17) is 0 Å². The Morgan fingerprint density at radius 1 is 1.19 bits per heavy atom. The van der Waals surface area contributed by atoms with Gasteiger partial charge in [0.1, 0.15) is 5.82 Å². The average Bonchev–Trinajstić information content (AvgIpc) is 2.47. The van der Waals surface area contributed by atoms with Crippen molar-refractivity contribution in [3.63, 3.8) is 0 Å². The molecule has 2 N–H and O–H groups in total. The largest absolute Gasteiger partial charge is 0.380 e. The van der Waals surface area contributed by atoms with Gasteiger partial charge in [0.05, 0.1) is 11.9 Å². The standard InChI is InChI=1S/C13H17N5O2S/c1-18(2)21(19,20)17-13-6-5-12(10-16-13)15-9-11-4-3-7-14-8-11/h3-8,10,15H,9H2,1-2H3,(H,16,17). The second kappa shape index (κ2) is 6.51. The van der Waals surface area contributed by atoms with E-state index >= 15 is 0 Å². The van der Waals surface area contributed by atoms with E-state index in [0.717, 1.165) is 15.6 Å². The van der Waals surface area contributed by atoms with Crippen LogP contribution in [-0.2, 0) is 16.8 Å². The topological polar surface area (TPSA) is 87.2 Å². The minimum Gasteiger partial charge on any atom is -0.380 e. The van der Waals surface area contributed by atoms with Gasteiger partial charge in [-0.05, 0) is 23.8 Å². The van der Waals surface area contributed by atoms with E-state index in [-0.39, 0.29) is 5.82 Å². The summed E-state index contributed by atoms with van der Waals surface area (Å²) < 4.78 is 26.7. The van der Waals surface area contributed by atoms with Crippen LogP contribution in [0, 0.1) is 0 Å². The molecule has 112 valence electrons. The molecule has 0 radical (unpaired) electrons. The molecule has 0 aliphatic carbocycles.